The van der Waals surface area contributed by atoms with Crippen LogP contribution in [0, 0.1) is 5.41 Å². The van der Waals surface area contributed by atoms with Gasteiger partial charge in [-0.3, -0.25) is 4.79 Å². The van der Waals surface area contributed by atoms with Crippen LogP contribution in [0.4, 0.5) is 0 Å². The van der Waals surface area contributed by atoms with E-state index in [-0.39, 0.29) is 12.5 Å². The summed E-state index contributed by atoms with van der Waals surface area (Å²) in [6.45, 7) is 6.37. The summed E-state index contributed by atoms with van der Waals surface area (Å²) in [4.78, 5) is 24.1. The lowest BCUT2D eigenvalue weighted by molar-refractivity contribution is -0.161. The Kier molecular flexibility index (Phi) is 3.34. The Labute approximate surface area is 89.0 Å². The molecule has 1 fully saturated rings. The molecule has 1 heterocycles. The smallest absolute Gasteiger partial charge is 0.334 e. The molecule has 1 saturated heterocycles. The molecule has 1 rings (SSSR count). The maximum absolute atomic E-state index is 11.9. The summed E-state index contributed by atoms with van der Waals surface area (Å²) in [6.07, 6.45) is -0.884. The number of carbonyl (C=O) groups is 2. The summed E-state index contributed by atoms with van der Waals surface area (Å²) in [6, 6.07) is 0. The van der Waals surface area contributed by atoms with Crippen molar-refractivity contribution in [3.8, 4) is 0 Å². The van der Waals surface area contributed by atoms with E-state index in [1.54, 1.807) is 4.90 Å². The van der Waals surface area contributed by atoms with Gasteiger partial charge in [0, 0.05) is 12.0 Å². The van der Waals surface area contributed by atoms with Crippen LogP contribution in [-0.4, -0.2) is 47.7 Å². The monoisotopic (exact) mass is 215 g/mol. The minimum absolute atomic E-state index is 0.0305. The zero-order valence-electron chi connectivity index (χ0n) is 9.32. The van der Waals surface area contributed by atoms with Gasteiger partial charge < -0.3 is 14.7 Å². The molecule has 1 atom stereocenters. The first-order valence-electron chi connectivity index (χ1n) is 4.96. The van der Waals surface area contributed by atoms with E-state index in [4.69, 9.17) is 9.84 Å². The lowest BCUT2D eigenvalue weighted by atomic mass is 9.94. The molecule has 5 heteroatoms. The fraction of sp³-hybridized carbons (Fsp3) is 0.800. The molecule has 0 radical (unpaired) electrons. The van der Waals surface area contributed by atoms with Crippen LogP contribution in [0.2, 0.25) is 0 Å². The fourth-order valence-electron chi connectivity index (χ4n) is 1.46. The Morgan fingerprint density at radius 1 is 1.40 bits per heavy atom. The first-order chi connectivity index (χ1) is 6.82. The minimum Gasteiger partial charge on any atom is -0.479 e. The molecular weight excluding hydrogens is 198 g/mol. The molecule has 5 nitrogen and oxygen atoms in total. The number of ether oxygens (including phenoxy) is 1. The lowest BCUT2D eigenvalue weighted by Gasteiger charge is -2.34. The van der Waals surface area contributed by atoms with Gasteiger partial charge >= 0.3 is 5.97 Å². The van der Waals surface area contributed by atoms with Crippen molar-refractivity contribution in [3.63, 3.8) is 0 Å². The van der Waals surface area contributed by atoms with Crippen LogP contribution >= 0.6 is 0 Å². The van der Waals surface area contributed by atoms with Crippen molar-refractivity contribution in [2.24, 2.45) is 5.41 Å². The Morgan fingerprint density at radius 2 is 2.00 bits per heavy atom. The highest BCUT2D eigenvalue weighted by molar-refractivity contribution is 5.82. The number of rotatable bonds is 1. The molecule has 1 aliphatic heterocycles. The number of carbonyl (C=O) groups excluding carboxylic acids is 1. The average molecular weight is 215 g/mol. The van der Waals surface area contributed by atoms with Crippen molar-refractivity contribution in [2.45, 2.75) is 26.9 Å². The molecule has 0 unspecified atom stereocenters. The van der Waals surface area contributed by atoms with Gasteiger partial charge in [0.2, 0.25) is 5.91 Å². The van der Waals surface area contributed by atoms with Crippen molar-refractivity contribution >= 4 is 11.9 Å². The number of nitrogens with zero attached hydrogens (tertiary/aromatic N) is 1. The highest BCUT2D eigenvalue weighted by Gasteiger charge is 2.33. The Hall–Kier alpha value is -1.10. The van der Waals surface area contributed by atoms with Gasteiger partial charge in [0.25, 0.3) is 0 Å². The molecule has 0 bridgehead atoms. The maximum Gasteiger partial charge on any atom is 0.334 e. The van der Waals surface area contributed by atoms with E-state index in [9.17, 15) is 9.59 Å². The maximum atomic E-state index is 11.9. The summed E-state index contributed by atoms with van der Waals surface area (Å²) in [5.41, 5.74) is -0.472. The molecule has 0 saturated carbocycles. The summed E-state index contributed by atoms with van der Waals surface area (Å²) in [5.74, 6) is -1.04. The predicted octanol–water partition coefficient (Wildman–Crippen LogP) is 0.344. The van der Waals surface area contributed by atoms with Crippen LogP contribution in [-0.2, 0) is 14.3 Å². The van der Waals surface area contributed by atoms with Crippen LogP contribution in [0.15, 0.2) is 0 Å². The van der Waals surface area contributed by atoms with E-state index in [1.165, 1.54) is 0 Å². The van der Waals surface area contributed by atoms with E-state index in [0.29, 0.717) is 13.2 Å². The number of hydrogen-bond donors (Lipinski definition) is 1. The van der Waals surface area contributed by atoms with Gasteiger partial charge in [-0.1, -0.05) is 20.8 Å². The lowest BCUT2D eigenvalue weighted by Crippen LogP contribution is -2.51. The SMILES string of the molecule is CC(C)(C)C(=O)N1CCO[C@@H](C(=O)O)C1. The van der Waals surface area contributed by atoms with Crippen LogP contribution in [0.3, 0.4) is 0 Å². The fourth-order valence-corrected chi connectivity index (χ4v) is 1.46. The van der Waals surface area contributed by atoms with Gasteiger partial charge in [-0.25, -0.2) is 4.79 Å². The predicted molar refractivity (Wildman–Crippen MR) is 53.4 cm³/mol. The van der Waals surface area contributed by atoms with E-state index >= 15 is 0 Å². The second-order valence-corrected chi connectivity index (χ2v) is 4.70. The second-order valence-electron chi connectivity index (χ2n) is 4.70. The molecule has 86 valence electrons. The molecule has 0 aromatic carbocycles. The Balaban J connectivity index is 2.64. The zero-order chi connectivity index (χ0) is 11.6. The molecule has 0 aromatic heterocycles. The quantitative estimate of drug-likeness (QED) is 0.685. The molecule has 0 aliphatic carbocycles. The number of amides is 1. The third kappa shape index (κ3) is 2.92. The zero-order valence-corrected chi connectivity index (χ0v) is 9.32. The van der Waals surface area contributed by atoms with Gasteiger partial charge in [-0.15, -0.1) is 0 Å². The van der Waals surface area contributed by atoms with Gasteiger partial charge in [-0.2, -0.15) is 0 Å². The molecule has 0 aromatic rings. The van der Waals surface area contributed by atoms with E-state index in [2.05, 4.69) is 0 Å². The molecule has 15 heavy (non-hydrogen) atoms. The normalized spacial score (nSPS) is 22.6. The molecule has 0 spiro atoms. The third-order valence-corrected chi connectivity index (χ3v) is 2.27. The topological polar surface area (TPSA) is 66.8 Å². The summed E-state index contributed by atoms with van der Waals surface area (Å²) >= 11 is 0. The summed E-state index contributed by atoms with van der Waals surface area (Å²) in [7, 11) is 0. The van der Waals surface area contributed by atoms with Crippen molar-refractivity contribution < 1.29 is 19.4 Å². The van der Waals surface area contributed by atoms with Crippen molar-refractivity contribution in [1.29, 1.82) is 0 Å². The van der Waals surface area contributed by atoms with E-state index in [1.807, 2.05) is 20.8 Å². The van der Waals surface area contributed by atoms with Crippen LogP contribution in [0.1, 0.15) is 20.8 Å². The highest BCUT2D eigenvalue weighted by Crippen LogP contribution is 2.19. The number of carboxylic acids is 1. The largest absolute Gasteiger partial charge is 0.479 e. The van der Waals surface area contributed by atoms with Crippen LogP contribution in [0.25, 0.3) is 0 Å². The van der Waals surface area contributed by atoms with E-state index < -0.39 is 17.5 Å². The number of morpholine rings is 1. The molecule has 1 N–H and O–H groups in total. The molecule has 1 aliphatic rings. The second kappa shape index (κ2) is 4.18. The van der Waals surface area contributed by atoms with Gasteiger partial charge in [0.05, 0.1) is 13.2 Å². The third-order valence-electron chi connectivity index (χ3n) is 2.27. The van der Waals surface area contributed by atoms with Crippen molar-refractivity contribution in [1.82, 2.24) is 4.90 Å². The van der Waals surface area contributed by atoms with Gasteiger partial charge in [0.1, 0.15) is 0 Å². The minimum atomic E-state index is -1.01. The van der Waals surface area contributed by atoms with E-state index in [0.717, 1.165) is 0 Å². The highest BCUT2D eigenvalue weighted by atomic mass is 16.5. The van der Waals surface area contributed by atoms with Gasteiger partial charge in [-0.05, 0) is 0 Å². The van der Waals surface area contributed by atoms with Crippen molar-refractivity contribution in [2.75, 3.05) is 19.7 Å². The Bertz CT molecular complexity index is 269. The van der Waals surface area contributed by atoms with Crippen molar-refractivity contribution in [3.05, 3.63) is 0 Å². The van der Waals surface area contributed by atoms with Crippen LogP contribution in [0.5, 0.6) is 0 Å². The average Bonchev–Trinajstić information content (AvgIpc) is 2.15. The molecular formula is C10H17NO4. The summed E-state index contributed by atoms with van der Waals surface area (Å²) in [5, 5.41) is 8.78. The van der Waals surface area contributed by atoms with Gasteiger partial charge in [0.15, 0.2) is 6.10 Å². The number of aliphatic carboxylic acids is 1. The first kappa shape index (κ1) is 12.0. The standard InChI is InChI=1S/C10H17NO4/c1-10(2,3)9(14)11-4-5-15-7(6-11)8(12)13/h7H,4-6H2,1-3H3,(H,12,13)/t7-/m1/s1. The van der Waals surface area contributed by atoms with Crippen LogP contribution < -0.4 is 0 Å². The first-order valence-corrected chi connectivity index (χ1v) is 4.96. The summed E-state index contributed by atoms with van der Waals surface area (Å²) < 4.78 is 5.04. The number of hydrogen-bond acceptors (Lipinski definition) is 3. The molecule has 1 amide bonds. The number of carboxylic acid groups (broad SMARTS) is 1. The Morgan fingerprint density at radius 3 is 2.47 bits per heavy atom.